The predicted molar refractivity (Wildman–Crippen MR) is 82.9 cm³/mol. The van der Waals surface area contributed by atoms with Crippen LogP contribution in [0.5, 0.6) is 0 Å². The average molecular weight is 321 g/mol. The summed E-state index contributed by atoms with van der Waals surface area (Å²) >= 11 is 3.41. The van der Waals surface area contributed by atoms with Crippen LogP contribution in [0.15, 0.2) is 41.0 Å². The van der Waals surface area contributed by atoms with Gasteiger partial charge < -0.3 is 10.6 Å². The highest BCUT2D eigenvalue weighted by molar-refractivity contribution is 9.10. The van der Waals surface area contributed by atoms with Crippen molar-refractivity contribution in [3.63, 3.8) is 0 Å². The van der Waals surface area contributed by atoms with Crippen LogP contribution in [0, 0.1) is 0 Å². The highest BCUT2D eigenvalue weighted by Crippen LogP contribution is 2.17. The van der Waals surface area contributed by atoms with E-state index >= 15 is 0 Å². The molecule has 0 fully saturated rings. The molecule has 0 amide bonds. The first-order valence-corrected chi connectivity index (χ1v) is 7.17. The number of unbranched alkanes of at least 4 members (excludes halogenated alkanes) is 1. The maximum Gasteiger partial charge on any atom is 0.229 e. The number of rotatable bonds is 6. The quantitative estimate of drug-likeness (QED) is 0.783. The number of halogens is 1. The Kier molecular flexibility index (Phi) is 5.15. The number of hydrogen-bond donors (Lipinski definition) is 2. The van der Waals surface area contributed by atoms with Crippen LogP contribution >= 0.6 is 15.9 Å². The molecule has 2 aromatic rings. The van der Waals surface area contributed by atoms with Gasteiger partial charge in [0.2, 0.25) is 5.95 Å². The van der Waals surface area contributed by atoms with Gasteiger partial charge in [0.05, 0.1) is 0 Å². The van der Waals surface area contributed by atoms with Crippen LogP contribution < -0.4 is 10.6 Å². The monoisotopic (exact) mass is 320 g/mol. The SMILES string of the molecule is CCCCNc1ccnc(Nc2ccc(Br)cc2)n1. The van der Waals surface area contributed by atoms with Crippen molar-refractivity contribution < 1.29 is 0 Å². The third-order valence-electron chi connectivity index (χ3n) is 2.59. The number of benzene rings is 1. The predicted octanol–water partition coefficient (Wildman–Crippen LogP) is 4.19. The third kappa shape index (κ3) is 4.52. The van der Waals surface area contributed by atoms with E-state index in [1.165, 1.54) is 6.42 Å². The molecule has 1 aromatic carbocycles. The van der Waals surface area contributed by atoms with Crippen LogP contribution in [0.25, 0.3) is 0 Å². The molecule has 0 aliphatic rings. The number of anilines is 3. The van der Waals surface area contributed by atoms with Gasteiger partial charge in [-0.15, -0.1) is 0 Å². The smallest absolute Gasteiger partial charge is 0.229 e. The molecule has 19 heavy (non-hydrogen) atoms. The fourth-order valence-electron chi connectivity index (χ4n) is 1.57. The van der Waals surface area contributed by atoms with Crippen molar-refractivity contribution in [1.29, 1.82) is 0 Å². The molecule has 0 atom stereocenters. The molecule has 0 saturated carbocycles. The van der Waals surface area contributed by atoms with Crippen molar-refractivity contribution in [2.45, 2.75) is 19.8 Å². The lowest BCUT2D eigenvalue weighted by Gasteiger charge is -2.08. The highest BCUT2D eigenvalue weighted by atomic mass is 79.9. The van der Waals surface area contributed by atoms with Crippen LogP contribution in [-0.2, 0) is 0 Å². The summed E-state index contributed by atoms with van der Waals surface area (Å²) in [6.45, 7) is 3.10. The van der Waals surface area contributed by atoms with E-state index in [1.54, 1.807) is 6.20 Å². The lowest BCUT2D eigenvalue weighted by molar-refractivity contribution is 0.830. The highest BCUT2D eigenvalue weighted by Gasteiger charge is 1.99. The molecular weight excluding hydrogens is 304 g/mol. The molecule has 4 nitrogen and oxygen atoms in total. The summed E-state index contributed by atoms with van der Waals surface area (Å²) in [6, 6.07) is 9.79. The van der Waals surface area contributed by atoms with Crippen molar-refractivity contribution >= 4 is 33.4 Å². The van der Waals surface area contributed by atoms with E-state index in [0.717, 1.165) is 28.9 Å². The molecule has 2 N–H and O–H groups in total. The second-order valence-corrected chi connectivity index (χ2v) is 5.09. The van der Waals surface area contributed by atoms with E-state index in [-0.39, 0.29) is 0 Å². The van der Waals surface area contributed by atoms with Gasteiger partial charge in [0.1, 0.15) is 5.82 Å². The minimum atomic E-state index is 0.601. The summed E-state index contributed by atoms with van der Waals surface area (Å²) in [6.07, 6.45) is 4.06. The van der Waals surface area contributed by atoms with Gasteiger partial charge in [-0.1, -0.05) is 29.3 Å². The van der Waals surface area contributed by atoms with Crippen LogP contribution in [0.2, 0.25) is 0 Å². The number of nitrogens with zero attached hydrogens (tertiary/aromatic N) is 2. The van der Waals surface area contributed by atoms with Crippen LogP contribution in [-0.4, -0.2) is 16.5 Å². The Morgan fingerprint density at radius 3 is 2.68 bits per heavy atom. The molecule has 0 unspecified atom stereocenters. The molecule has 5 heteroatoms. The van der Waals surface area contributed by atoms with Gasteiger partial charge >= 0.3 is 0 Å². The first-order valence-electron chi connectivity index (χ1n) is 6.37. The van der Waals surface area contributed by atoms with Crippen LogP contribution in [0.1, 0.15) is 19.8 Å². The summed E-state index contributed by atoms with van der Waals surface area (Å²) in [5, 5.41) is 6.46. The zero-order chi connectivity index (χ0) is 13.5. The molecule has 1 heterocycles. The van der Waals surface area contributed by atoms with Gasteiger partial charge in [0.15, 0.2) is 0 Å². The zero-order valence-electron chi connectivity index (χ0n) is 10.9. The fourth-order valence-corrected chi connectivity index (χ4v) is 1.84. The lowest BCUT2D eigenvalue weighted by Crippen LogP contribution is -2.05. The van der Waals surface area contributed by atoms with Crippen molar-refractivity contribution in [1.82, 2.24) is 9.97 Å². The summed E-state index contributed by atoms with van der Waals surface area (Å²) in [5.74, 6) is 1.45. The van der Waals surface area contributed by atoms with Gasteiger partial charge in [0.25, 0.3) is 0 Å². The molecule has 100 valence electrons. The van der Waals surface area contributed by atoms with E-state index in [4.69, 9.17) is 0 Å². The normalized spacial score (nSPS) is 10.2. The Hall–Kier alpha value is -1.62. The summed E-state index contributed by atoms with van der Waals surface area (Å²) in [4.78, 5) is 8.63. The van der Waals surface area contributed by atoms with Gasteiger partial charge in [-0.3, -0.25) is 0 Å². The average Bonchev–Trinajstić information content (AvgIpc) is 2.42. The first-order chi connectivity index (χ1) is 9.28. The molecule has 2 rings (SSSR count). The van der Waals surface area contributed by atoms with E-state index in [2.05, 4.69) is 43.5 Å². The Bertz CT molecular complexity index is 513. The van der Waals surface area contributed by atoms with Crippen LogP contribution in [0.4, 0.5) is 17.5 Å². The van der Waals surface area contributed by atoms with Crippen molar-refractivity contribution in [2.24, 2.45) is 0 Å². The second-order valence-electron chi connectivity index (χ2n) is 4.18. The maximum absolute atomic E-state index is 4.42. The molecule has 0 saturated heterocycles. The first kappa shape index (κ1) is 13.8. The van der Waals surface area contributed by atoms with Gasteiger partial charge in [0, 0.05) is 22.9 Å². The van der Waals surface area contributed by atoms with E-state index in [0.29, 0.717) is 5.95 Å². The molecule has 0 aliphatic carbocycles. The molecule has 0 spiro atoms. The Morgan fingerprint density at radius 2 is 1.95 bits per heavy atom. The molecule has 0 aliphatic heterocycles. The van der Waals surface area contributed by atoms with Gasteiger partial charge in [-0.05, 0) is 36.8 Å². The Morgan fingerprint density at radius 1 is 1.16 bits per heavy atom. The number of aromatic nitrogens is 2. The second kappa shape index (κ2) is 7.09. The van der Waals surface area contributed by atoms with E-state index in [9.17, 15) is 0 Å². The fraction of sp³-hybridized carbons (Fsp3) is 0.286. The minimum Gasteiger partial charge on any atom is -0.370 e. The number of nitrogens with one attached hydrogen (secondary N) is 2. The Balaban J connectivity index is 2.00. The summed E-state index contributed by atoms with van der Waals surface area (Å²) in [7, 11) is 0. The molecule has 1 aromatic heterocycles. The Labute approximate surface area is 121 Å². The van der Waals surface area contributed by atoms with E-state index in [1.807, 2.05) is 30.3 Å². The number of hydrogen-bond acceptors (Lipinski definition) is 4. The van der Waals surface area contributed by atoms with Crippen molar-refractivity contribution in [3.8, 4) is 0 Å². The molecular formula is C14H17BrN4. The van der Waals surface area contributed by atoms with Crippen molar-refractivity contribution in [2.75, 3.05) is 17.2 Å². The summed E-state index contributed by atoms with van der Waals surface area (Å²) in [5.41, 5.74) is 0.967. The standard InChI is InChI=1S/C14H17BrN4/c1-2-3-9-16-13-8-10-17-14(19-13)18-12-6-4-11(15)5-7-12/h4-8,10H,2-3,9H2,1H3,(H2,16,17,18,19). The van der Waals surface area contributed by atoms with Crippen LogP contribution in [0.3, 0.4) is 0 Å². The van der Waals surface area contributed by atoms with Gasteiger partial charge in [-0.2, -0.15) is 4.98 Å². The van der Waals surface area contributed by atoms with Gasteiger partial charge in [-0.25, -0.2) is 4.98 Å². The van der Waals surface area contributed by atoms with E-state index < -0.39 is 0 Å². The summed E-state index contributed by atoms with van der Waals surface area (Å²) < 4.78 is 1.05. The topological polar surface area (TPSA) is 49.8 Å². The minimum absolute atomic E-state index is 0.601. The van der Waals surface area contributed by atoms with Crippen molar-refractivity contribution in [3.05, 3.63) is 41.0 Å². The largest absolute Gasteiger partial charge is 0.370 e. The third-order valence-corrected chi connectivity index (χ3v) is 3.12. The maximum atomic E-state index is 4.42. The zero-order valence-corrected chi connectivity index (χ0v) is 12.4. The molecule has 0 bridgehead atoms. The molecule has 0 radical (unpaired) electrons. The lowest BCUT2D eigenvalue weighted by atomic mass is 10.3.